The number of carbonyl (C=O) groups excluding carboxylic acids is 2. The Kier molecular flexibility index (Phi) is 7.58. The summed E-state index contributed by atoms with van der Waals surface area (Å²) in [7, 11) is 0. The fourth-order valence-electron chi connectivity index (χ4n) is 4.79. The summed E-state index contributed by atoms with van der Waals surface area (Å²) in [4.78, 5) is 33.6. The first-order valence-corrected chi connectivity index (χ1v) is 12.6. The maximum atomic E-state index is 13.1. The number of nitrogens with zero attached hydrogens (tertiary/aromatic N) is 4. The highest BCUT2D eigenvalue weighted by Crippen LogP contribution is 2.33. The molecule has 2 heterocycles. The zero-order chi connectivity index (χ0) is 24.2. The van der Waals surface area contributed by atoms with Crippen molar-refractivity contribution in [2.75, 3.05) is 26.2 Å². The number of hydrogen-bond acceptors (Lipinski definition) is 4. The number of benzene rings is 2. The molecule has 2 aromatic carbocycles. The highest BCUT2D eigenvalue weighted by Gasteiger charge is 2.43. The third kappa shape index (κ3) is 4.44. The van der Waals surface area contributed by atoms with Crippen LogP contribution in [0.3, 0.4) is 0 Å². The molecule has 2 fully saturated rings. The van der Waals surface area contributed by atoms with Crippen LogP contribution in [-0.2, 0) is 9.59 Å². The average Bonchev–Trinajstić information content (AvgIpc) is 3.25. The van der Waals surface area contributed by atoms with Crippen LogP contribution in [-0.4, -0.2) is 67.8 Å². The Morgan fingerprint density at radius 2 is 1.00 bits per heavy atom. The third-order valence-electron chi connectivity index (χ3n) is 6.49. The molecule has 0 radical (unpaired) electrons. The van der Waals surface area contributed by atoms with Crippen LogP contribution in [0.4, 0.5) is 0 Å². The van der Waals surface area contributed by atoms with Crippen molar-refractivity contribution in [1.29, 1.82) is 0 Å². The number of hydrogen-bond donors (Lipinski definition) is 0. The molecule has 0 aromatic heterocycles. The molecule has 2 aliphatic rings. The van der Waals surface area contributed by atoms with Crippen LogP contribution in [0, 0.1) is 0 Å². The second-order valence-electron chi connectivity index (χ2n) is 8.45. The molecule has 0 spiro atoms. The van der Waals surface area contributed by atoms with E-state index >= 15 is 0 Å². The van der Waals surface area contributed by atoms with Crippen molar-refractivity contribution in [1.82, 2.24) is 19.6 Å². The van der Waals surface area contributed by atoms with Crippen molar-refractivity contribution < 1.29 is 9.59 Å². The van der Waals surface area contributed by atoms with Gasteiger partial charge in [-0.3, -0.25) is 19.4 Å². The minimum atomic E-state index is -0.379. The molecule has 34 heavy (non-hydrogen) atoms. The maximum absolute atomic E-state index is 13.1. The number of likely N-dealkylation sites (N-methyl/N-ethyl adjacent to an activating group) is 2. The lowest BCUT2D eigenvalue weighted by molar-refractivity contribution is -0.129. The molecule has 0 aliphatic carbocycles. The second kappa shape index (κ2) is 10.6. The highest BCUT2D eigenvalue weighted by molar-refractivity contribution is 7.80. The van der Waals surface area contributed by atoms with Gasteiger partial charge in [0.25, 0.3) is 11.8 Å². The number of thiocarbonyl (C=S) groups is 2. The van der Waals surface area contributed by atoms with Gasteiger partial charge in [-0.05, 0) is 62.3 Å². The van der Waals surface area contributed by atoms with Crippen molar-refractivity contribution in [2.24, 2.45) is 0 Å². The monoisotopic (exact) mass is 494 g/mol. The Hall–Kier alpha value is -2.84. The Labute approximate surface area is 212 Å². The van der Waals surface area contributed by atoms with Gasteiger partial charge in [0.2, 0.25) is 0 Å². The Balaban J connectivity index is 1.45. The Morgan fingerprint density at radius 3 is 1.32 bits per heavy atom. The minimum absolute atomic E-state index is 0.0350. The lowest BCUT2D eigenvalue weighted by atomic mass is 10.0. The SMILES string of the molecule is CCN1C(=O)C(c2ccccc2)N(CCCCN2C(=S)N(CC)C(=O)C2c2ccccc2)C1=S. The van der Waals surface area contributed by atoms with Gasteiger partial charge < -0.3 is 9.80 Å². The van der Waals surface area contributed by atoms with Gasteiger partial charge in [-0.25, -0.2) is 0 Å². The molecule has 0 bridgehead atoms. The lowest BCUT2D eigenvalue weighted by Crippen LogP contribution is -2.35. The molecular weight excluding hydrogens is 464 g/mol. The molecule has 2 amide bonds. The van der Waals surface area contributed by atoms with Crippen LogP contribution in [0.5, 0.6) is 0 Å². The highest BCUT2D eigenvalue weighted by atomic mass is 32.1. The topological polar surface area (TPSA) is 47.1 Å². The van der Waals surface area contributed by atoms with Crippen LogP contribution in [0.1, 0.15) is 49.9 Å². The quantitative estimate of drug-likeness (QED) is 0.386. The fraction of sp³-hybridized carbons (Fsp3) is 0.385. The molecule has 6 nitrogen and oxygen atoms in total. The summed E-state index contributed by atoms with van der Waals surface area (Å²) in [5, 5.41) is 1.18. The molecule has 4 rings (SSSR count). The minimum Gasteiger partial charge on any atom is -0.333 e. The van der Waals surface area contributed by atoms with Crippen LogP contribution in [0.2, 0.25) is 0 Å². The number of amides is 2. The van der Waals surface area contributed by atoms with Crippen molar-refractivity contribution in [3.8, 4) is 0 Å². The summed E-state index contributed by atoms with van der Waals surface area (Å²) in [6, 6.07) is 18.9. The van der Waals surface area contributed by atoms with E-state index in [9.17, 15) is 9.59 Å². The van der Waals surface area contributed by atoms with Gasteiger partial charge in [0.05, 0.1) is 0 Å². The van der Waals surface area contributed by atoms with Crippen molar-refractivity contribution >= 4 is 46.5 Å². The van der Waals surface area contributed by atoms with Gasteiger partial charge >= 0.3 is 0 Å². The Bertz CT molecular complexity index is 977. The van der Waals surface area contributed by atoms with E-state index in [1.54, 1.807) is 9.80 Å². The van der Waals surface area contributed by atoms with Crippen LogP contribution < -0.4 is 0 Å². The van der Waals surface area contributed by atoms with E-state index in [2.05, 4.69) is 0 Å². The van der Waals surface area contributed by atoms with E-state index in [0.29, 0.717) is 36.4 Å². The summed E-state index contributed by atoms with van der Waals surface area (Å²) in [5.74, 6) is 0.0699. The molecule has 2 saturated heterocycles. The van der Waals surface area contributed by atoms with Gasteiger partial charge in [0.1, 0.15) is 12.1 Å². The molecule has 0 N–H and O–H groups in total. The van der Waals surface area contributed by atoms with Crippen LogP contribution in [0.15, 0.2) is 60.7 Å². The Morgan fingerprint density at radius 1 is 0.647 bits per heavy atom. The molecule has 2 aromatic rings. The zero-order valence-corrected chi connectivity index (χ0v) is 21.2. The predicted octanol–water partition coefficient (Wildman–Crippen LogP) is 4.15. The van der Waals surface area contributed by atoms with E-state index < -0.39 is 0 Å². The van der Waals surface area contributed by atoms with Crippen LogP contribution >= 0.6 is 24.4 Å². The molecular formula is C26H30N4O2S2. The van der Waals surface area contributed by atoms with Gasteiger partial charge in [0.15, 0.2) is 10.2 Å². The van der Waals surface area contributed by atoms with Gasteiger partial charge in [0, 0.05) is 26.2 Å². The number of carbonyl (C=O) groups is 2. The first-order chi connectivity index (χ1) is 16.5. The average molecular weight is 495 g/mol. The number of unbranched alkanes of at least 4 members (excludes halogenated alkanes) is 1. The zero-order valence-electron chi connectivity index (χ0n) is 19.6. The third-order valence-corrected chi connectivity index (χ3v) is 7.40. The molecule has 2 unspecified atom stereocenters. The summed E-state index contributed by atoms with van der Waals surface area (Å²) < 4.78 is 0. The van der Waals surface area contributed by atoms with Crippen LogP contribution in [0.25, 0.3) is 0 Å². The molecule has 0 saturated carbocycles. The summed E-state index contributed by atoms with van der Waals surface area (Å²) in [6.07, 6.45) is 1.66. The predicted molar refractivity (Wildman–Crippen MR) is 141 cm³/mol. The smallest absolute Gasteiger partial charge is 0.256 e. The normalized spacial score (nSPS) is 20.8. The van der Waals surface area contributed by atoms with E-state index in [-0.39, 0.29) is 23.9 Å². The van der Waals surface area contributed by atoms with E-state index in [4.69, 9.17) is 24.4 Å². The summed E-state index contributed by atoms with van der Waals surface area (Å²) in [6.45, 7) is 6.36. The van der Waals surface area contributed by atoms with E-state index in [0.717, 1.165) is 24.0 Å². The standard InChI is InChI=1S/C26H30N4O2S2/c1-3-27-23(31)21(19-13-7-5-8-14-19)29(25(27)33)17-11-12-18-30-22(20-15-9-6-10-16-20)24(32)28(4-2)26(30)34/h5-10,13-16,21-22H,3-4,11-12,17-18H2,1-2H3. The molecule has 178 valence electrons. The summed E-state index contributed by atoms with van der Waals surface area (Å²) >= 11 is 11.3. The lowest BCUT2D eigenvalue weighted by Gasteiger charge is -2.26. The van der Waals surface area contributed by atoms with Crippen molar-refractivity contribution in [3.63, 3.8) is 0 Å². The largest absolute Gasteiger partial charge is 0.333 e. The maximum Gasteiger partial charge on any atom is 0.256 e. The van der Waals surface area contributed by atoms with E-state index in [1.807, 2.05) is 84.3 Å². The first kappa shape index (κ1) is 24.3. The van der Waals surface area contributed by atoms with Gasteiger partial charge in [-0.1, -0.05) is 60.7 Å². The van der Waals surface area contributed by atoms with E-state index in [1.165, 1.54) is 0 Å². The van der Waals surface area contributed by atoms with Gasteiger partial charge in [-0.2, -0.15) is 0 Å². The molecule has 2 aliphatic heterocycles. The molecule has 2 atom stereocenters. The van der Waals surface area contributed by atoms with Crippen molar-refractivity contribution in [3.05, 3.63) is 71.8 Å². The molecule has 8 heteroatoms. The van der Waals surface area contributed by atoms with Crippen molar-refractivity contribution in [2.45, 2.75) is 38.8 Å². The second-order valence-corrected chi connectivity index (χ2v) is 9.18. The van der Waals surface area contributed by atoms with Gasteiger partial charge in [-0.15, -0.1) is 0 Å². The number of rotatable bonds is 9. The summed E-state index contributed by atoms with van der Waals surface area (Å²) in [5.41, 5.74) is 1.92. The fourth-order valence-corrected chi connectivity index (χ4v) is 5.62. The first-order valence-electron chi connectivity index (χ1n) is 11.8.